The van der Waals surface area contributed by atoms with Gasteiger partial charge in [0.1, 0.15) is 0 Å². The number of fused-ring (bicyclic) bond motifs is 1. The summed E-state index contributed by atoms with van der Waals surface area (Å²) in [7, 11) is 0. The first-order valence-corrected chi connectivity index (χ1v) is 9.08. The van der Waals surface area contributed by atoms with E-state index < -0.39 is 5.97 Å². The van der Waals surface area contributed by atoms with Crippen LogP contribution in [0, 0.1) is 0 Å². The number of carboxylic acid groups (broad SMARTS) is 1. The Bertz CT molecular complexity index is 946. The number of amides is 2. The molecule has 2 amide bonds. The van der Waals surface area contributed by atoms with Crippen molar-refractivity contribution in [2.45, 2.75) is 19.0 Å². The third kappa shape index (κ3) is 3.46. The van der Waals surface area contributed by atoms with Crippen molar-refractivity contribution in [3.8, 4) is 0 Å². The second-order valence-electron chi connectivity index (χ2n) is 6.71. The molecule has 0 spiro atoms. The number of aromatic amines is 1. The van der Waals surface area contributed by atoms with Crippen LogP contribution in [0.5, 0.6) is 0 Å². The van der Waals surface area contributed by atoms with E-state index in [1.807, 2.05) is 60.7 Å². The normalized spacial score (nSPS) is 13.2. The number of aromatic nitrogens is 2. The highest BCUT2D eigenvalue weighted by Crippen LogP contribution is 2.24. The van der Waals surface area contributed by atoms with Gasteiger partial charge in [-0.15, -0.1) is 0 Å². The van der Waals surface area contributed by atoms with Crippen LogP contribution in [0.2, 0.25) is 0 Å². The van der Waals surface area contributed by atoms with E-state index in [0.29, 0.717) is 30.8 Å². The first-order chi connectivity index (χ1) is 13.6. The number of nitrogens with zero attached hydrogens (tertiary/aromatic N) is 2. The zero-order chi connectivity index (χ0) is 19.5. The highest BCUT2D eigenvalue weighted by Gasteiger charge is 2.28. The lowest BCUT2D eigenvalue weighted by atomic mass is 9.99. The van der Waals surface area contributed by atoms with E-state index in [0.717, 1.165) is 11.1 Å². The molecule has 2 aromatic carbocycles. The second-order valence-corrected chi connectivity index (χ2v) is 6.71. The summed E-state index contributed by atoms with van der Waals surface area (Å²) in [4.78, 5) is 25.9. The molecular weight excluding hydrogens is 356 g/mol. The first kappa shape index (κ1) is 17.8. The lowest BCUT2D eigenvalue weighted by Gasteiger charge is -2.29. The van der Waals surface area contributed by atoms with Gasteiger partial charge in [0.05, 0.1) is 18.3 Å². The maximum absolute atomic E-state index is 13.0. The molecule has 4 rings (SSSR count). The van der Waals surface area contributed by atoms with Crippen LogP contribution in [0.25, 0.3) is 0 Å². The zero-order valence-electron chi connectivity index (χ0n) is 15.1. The fourth-order valence-corrected chi connectivity index (χ4v) is 3.53. The molecule has 0 fully saturated rings. The van der Waals surface area contributed by atoms with Crippen molar-refractivity contribution < 1.29 is 14.7 Å². The van der Waals surface area contributed by atoms with E-state index in [2.05, 4.69) is 15.5 Å². The van der Waals surface area contributed by atoms with Gasteiger partial charge >= 0.3 is 12.0 Å². The molecule has 3 aromatic rings. The Morgan fingerprint density at radius 2 is 1.64 bits per heavy atom. The molecule has 0 saturated carbocycles. The average Bonchev–Trinajstić information content (AvgIpc) is 3.16. The number of benzene rings is 2. The van der Waals surface area contributed by atoms with Crippen molar-refractivity contribution in [3.63, 3.8) is 0 Å². The van der Waals surface area contributed by atoms with Gasteiger partial charge in [0.15, 0.2) is 5.69 Å². The molecule has 7 nitrogen and oxygen atoms in total. The van der Waals surface area contributed by atoms with Gasteiger partial charge < -0.3 is 15.3 Å². The number of hydrogen-bond donors (Lipinski definition) is 3. The number of carbonyl (C=O) groups is 2. The standard InChI is InChI=1S/C21H20N4O3/c26-20(27)19-16-11-12-25(13-17(16)23-24-19)21(28)22-18(14-7-3-1-4-8-14)15-9-5-2-6-10-15/h1-10,18H,11-13H2,(H,22,28)(H,23,24)(H,26,27). The molecule has 0 saturated heterocycles. The fraction of sp³-hybridized carbons (Fsp3) is 0.190. The molecule has 7 heteroatoms. The molecule has 0 atom stereocenters. The van der Waals surface area contributed by atoms with Crippen molar-refractivity contribution in [2.75, 3.05) is 6.54 Å². The SMILES string of the molecule is O=C(O)c1n[nH]c2c1CCN(C(=O)NC(c1ccccc1)c1ccccc1)C2. The summed E-state index contributed by atoms with van der Waals surface area (Å²) >= 11 is 0. The average molecular weight is 376 g/mol. The van der Waals surface area contributed by atoms with E-state index >= 15 is 0 Å². The highest BCUT2D eigenvalue weighted by atomic mass is 16.4. The van der Waals surface area contributed by atoms with E-state index in [9.17, 15) is 14.7 Å². The minimum atomic E-state index is -1.05. The number of urea groups is 1. The summed E-state index contributed by atoms with van der Waals surface area (Å²) in [5.74, 6) is -1.05. The molecule has 0 radical (unpaired) electrons. The number of rotatable bonds is 4. The van der Waals surface area contributed by atoms with Gasteiger partial charge in [-0.2, -0.15) is 5.10 Å². The van der Waals surface area contributed by atoms with Gasteiger partial charge in [0.2, 0.25) is 0 Å². The second kappa shape index (κ2) is 7.56. The van der Waals surface area contributed by atoms with Crippen LogP contribution >= 0.6 is 0 Å². The molecule has 142 valence electrons. The summed E-state index contributed by atoms with van der Waals surface area (Å²) in [5, 5.41) is 18.9. The summed E-state index contributed by atoms with van der Waals surface area (Å²) in [6, 6.07) is 19.1. The largest absolute Gasteiger partial charge is 0.476 e. The van der Waals surface area contributed by atoms with E-state index in [-0.39, 0.29) is 17.8 Å². The third-order valence-electron chi connectivity index (χ3n) is 4.96. The maximum Gasteiger partial charge on any atom is 0.356 e. The van der Waals surface area contributed by atoms with Crippen LogP contribution in [0.4, 0.5) is 4.79 Å². The quantitative estimate of drug-likeness (QED) is 0.652. The minimum absolute atomic E-state index is 0.0431. The lowest BCUT2D eigenvalue weighted by molar-refractivity contribution is 0.0689. The monoisotopic (exact) mass is 376 g/mol. The Morgan fingerprint density at radius 3 is 2.21 bits per heavy atom. The molecule has 1 aliphatic rings. The fourth-order valence-electron chi connectivity index (χ4n) is 3.53. The van der Waals surface area contributed by atoms with Crippen LogP contribution in [-0.4, -0.2) is 38.7 Å². The van der Waals surface area contributed by atoms with Crippen LogP contribution in [0.3, 0.4) is 0 Å². The van der Waals surface area contributed by atoms with Gasteiger partial charge in [0.25, 0.3) is 0 Å². The van der Waals surface area contributed by atoms with Gasteiger partial charge in [-0.3, -0.25) is 5.10 Å². The Balaban J connectivity index is 1.54. The smallest absolute Gasteiger partial charge is 0.356 e. The molecule has 0 bridgehead atoms. The van der Waals surface area contributed by atoms with Crippen LogP contribution in [0.15, 0.2) is 60.7 Å². The molecule has 1 aliphatic heterocycles. The molecule has 0 aliphatic carbocycles. The zero-order valence-corrected chi connectivity index (χ0v) is 15.1. The predicted octanol–water partition coefficient (Wildman–Crippen LogP) is 2.97. The first-order valence-electron chi connectivity index (χ1n) is 9.08. The van der Waals surface area contributed by atoms with E-state index in [1.54, 1.807) is 4.90 Å². The van der Waals surface area contributed by atoms with E-state index in [1.165, 1.54) is 0 Å². The van der Waals surface area contributed by atoms with Crippen molar-refractivity contribution >= 4 is 12.0 Å². The number of carboxylic acids is 1. The number of hydrogen-bond acceptors (Lipinski definition) is 3. The van der Waals surface area contributed by atoms with Gasteiger partial charge in [-0.05, 0) is 17.5 Å². The maximum atomic E-state index is 13.0. The van der Waals surface area contributed by atoms with Gasteiger partial charge in [0, 0.05) is 12.1 Å². The van der Waals surface area contributed by atoms with Crippen LogP contribution < -0.4 is 5.32 Å². The molecular formula is C21H20N4O3. The Kier molecular flexibility index (Phi) is 4.80. The Hall–Kier alpha value is -3.61. The molecule has 3 N–H and O–H groups in total. The summed E-state index contributed by atoms with van der Waals surface area (Å²) in [6.07, 6.45) is 0.461. The topological polar surface area (TPSA) is 98.3 Å². The Labute approximate surface area is 162 Å². The minimum Gasteiger partial charge on any atom is -0.476 e. The van der Waals surface area contributed by atoms with Crippen molar-refractivity contribution in [1.82, 2.24) is 20.4 Å². The van der Waals surface area contributed by atoms with Crippen LogP contribution in [-0.2, 0) is 13.0 Å². The number of aromatic carboxylic acids is 1. The molecule has 1 aromatic heterocycles. The highest BCUT2D eigenvalue weighted by molar-refractivity contribution is 5.87. The van der Waals surface area contributed by atoms with Crippen LogP contribution in [0.1, 0.15) is 38.9 Å². The van der Waals surface area contributed by atoms with Gasteiger partial charge in [-0.1, -0.05) is 60.7 Å². The Morgan fingerprint density at radius 1 is 1.04 bits per heavy atom. The number of nitrogens with one attached hydrogen (secondary N) is 2. The number of H-pyrrole nitrogens is 1. The lowest BCUT2D eigenvalue weighted by Crippen LogP contribution is -2.44. The van der Waals surface area contributed by atoms with Crippen molar-refractivity contribution in [3.05, 3.63) is 88.7 Å². The summed E-state index contributed by atoms with van der Waals surface area (Å²) in [5.41, 5.74) is 3.39. The predicted molar refractivity (Wildman–Crippen MR) is 103 cm³/mol. The molecule has 2 heterocycles. The molecule has 0 unspecified atom stereocenters. The summed E-state index contributed by atoms with van der Waals surface area (Å²) < 4.78 is 0. The summed E-state index contributed by atoms with van der Waals surface area (Å²) in [6.45, 7) is 0.743. The molecule has 28 heavy (non-hydrogen) atoms. The third-order valence-corrected chi connectivity index (χ3v) is 4.96. The van der Waals surface area contributed by atoms with Crippen molar-refractivity contribution in [2.24, 2.45) is 0 Å². The van der Waals surface area contributed by atoms with Gasteiger partial charge in [-0.25, -0.2) is 9.59 Å². The number of carbonyl (C=O) groups excluding carboxylic acids is 1. The van der Waals surface area contributed by atoms with E-state index in [4.69, 9.17) is 0 Å². The van der Waals surface area contributed by atoms with Crippen molar-refractivity contribution in [1.29, 1.82) is 0 Å².